The average molecular weight is 599 g/mol. The number of aromatic nitrogens is 2. The van der Waals surface area contributed by atoms with Gasteiger partial charge in [-0.2, -0.15) is 0 Å². The molecule has 3 amide bonds. The Morgan fingerprint density at radius 2 is 1.64 bits per heavy atom. The Morgan fingerprint density at radius 3 is 2.25 bits per heavy atom. The molecule has 1 aliphatic heterocycles. The summed E-state index contributed by atoms with van der Waals surface area (Å²) in [6.45, 7) is 5.20. The highest BCUT2D eigenvalue weighted by Crippen LogP contribution is 2.30. The Balaban J connectivity index is 0.000000204. The van der Waals surface area contributed by atoms with Crippen molar-refractivity contribution in [2.75, 3.05) is 35.7 Å². The molecule has 0 unspecified atom stereocenters. The first-order valence-electron chi connectivity index (χ1n) is 15.2. The Labute approximate surface area is 259 Å². The summed E-state index contributed by atoms with van der Waals surface area (Å²) in [5.41, 5.74) is 1.93. The van der Waals surface area contributed by atoms with Gasteiger partial charge in [0.1, 0.15) is 23.1 Å². The molecule has 2 aliphatic rings. The highest BCUT2D eigenvalue weighted by Gasteiger charge is 2.30. The predicted molar refractivity (Wildman–Crippen MR) is 173 cm³/mol. The number of urea groups is 1. The maximum atomic E-state index is 12.7. The van der Waals surface area contributed by atoms with E-state index in [9.17, 15) is 14.4 Å². The second-order valence-electron chi connectivity index (χ2n) is 11.1. The van der Waals surface area contributed by atoms with E-state index in [1.54, 1.807) is 38.4 Å². The smallest absolute Gasteiger partial charge is 0.323 e. The molecule has 10 heteroatoms. The minimum atomic E-state index is -0.168. The molecule has 44 heavy (non-hydrogen) atoms. The number of carbonyl (C=O) groups excluding carboxylic acids is 3. The van der Waals surface area contributed by atoms with Crippen molar-refractivity contribution in [3.8, 4) is 11.5 Å². The maximum Gasteiger partial charge on any atom is 0.323 e. The van der Waals surface area contributed by atoms with E-state index in [0.717, 1.165) is 68.7 Å². The van der Waals surface area contributed by atoms with Crippen LogP contribution in [0.4, 0.5) is 22.1 Å². The first kappa shape index (κ1) is 32.2. The lowest BCUT2D eigenvalue weighted by atomic mass is 10.1. The molecular formula is C34H42N6O4. The van der Waals surface area contributed by atoms with Gasteiger partial charge in [-0.05, 0) is 76.3 Å². The van der Waals surface area contributed by atoms with Gasteiger partial charge in [0.15, 0.2) is 6.29 Å². The number of pyridine rings is 2. The van der Waals surface area contributed by atoms with Crippen LogP contribution >= 0.6 is 0 Å². The molecule has 10 nitrogen and oxygen atoms in total. The number of piperidine rings is 1. The quantitative estimate of drug-likeness (QED) is 0.126. The molecule has 0 atom stereocenters. The van der Waals surface area contributed by atoms with Crippen LogP contribution in [0.1, 0.15) is 58.8 Å². The molecule has 5 rings (SSSR count). The lowest BCUT2D eigenvalue weighted by molar-refractivity contribution is -0.117. The third-order valence-corrected chi connectivity index (χ3v) is 7.67. The van der Waals surface area contributed by atoms with Crippen LogP contribution in [-0.2, 0) is 9.59 Å². The molecule has 2 aromatic heterocycles. The predicted octanol–water partition coefficient (Wildman–Crippen LogP) is 6.83. The number of hydrogen-bond acceptors (Lipinski definition) is 7. The van der Waals surface area contributed by atoms with Crippen molar-refractivity contribution in [3.63, 3.8) is 0 Å². The number of aldehydes is 1. The number of hydrogen-bond donors (Lipinski definition) is 2. The third-order valence-electron chi connectivity index (χ3n) is 7.67. The van der Waals surface area contributed by atoms with Crippen molar-refractivity contribution < 1.29 is 19.1 Å². The molecule has 0 bridgehead atoms. The number of nitrogens with one attached hydrogen (secondary N) is 2. The second kappa shape index (κ2) is 16.2. The van der Waals surface area contributed by atoms with Crippen LogP contribution in [0.3, 0.4) is 0 Å². The first-order valence-corrected chi connectivity index (χ1v) is 15.2. The molecule has 3 aromatic rings. The Bertz CT molecular complexity index is 1410. The normalized spacial score (nSPS) is 14.5. The van der Waals surface area contributed by atoms with Gasteiger partial charge in [-0.15, -0.1) is 0 Å². The first-order chi connectivity index (χ1) is 21.4. The average Bonchev–Trinajstić information content (AvgIpc) is 3.58. The van der Waals surface area contributed by atoms with E-state index >= 15 is 0 Å². The number of ether oxygens (including phenoxy) is 1. The molecule has 0 spiro atoms. The van der Waals surface area contributed by atoms with Crippen LogP contribution in [0, 0.1) is 0 Å². The summed E-state index contributed by atoms with van der Waals surface area (Å²) >= 11 is 0. The van der Waals surface area contributed by atoms with Crippen LogP contribution < -0.4 is 20.3 Å². The van der Waals surface area contributed by atoms with Gasteiger partial charge in [-0.3, -0.25) is 14.9 Å². The highest BCUT2D eigenvalue weighted by atomic mass is 16.5. The summed E-state index contributed by atoms with van der Waals surface area (Å²) in [6.07, 6.45) is 11.5. The van der Waals surface area contributed by atoms with Gasteiger partial charge < -0.3 is 19.9 Å². The number of nitrogens with zero attached hydrogens (tertiary/aromatic N) is 4. The van der Waals surface area contributed by atoms with Gasteiger partial charge in [0.05, 0.1) is 11.8 Å². The molecule has 3 heterocycles. The van der Waals surface area contributed by atoms with E-state index < -0.39 is 0 Å². The summed E-state index contributed by atoms with van der Waals surface area (Å²) < 4.78 is 5.75. The topological polar surface area (TPSA) is 117 Å². The fourth-order valence-electron chi connectivity index (χ4n) is 5.31. The van der Waals surface area contributed by atoms with Gasteiger partial charge in [-0.25, -0.2) is 14.8 Å². The minimum absolute atomic E-state index is 0.112. The zero-order valence-electron chi connectivity index (χ0n) is 25.8. The van der Waals surface area contributed by atoms with Crippen LogP contribution in [0.2, 0.25) is 0 Å². The number of rotatable bonds is 8. The Hall–Kier alpha value is -4.73. The summed E-state index contributed by atoms with van der Waals surface area (Å²) in [7, 11) is 1.81. The fraction of sp³-hybridized carbons (Fsp3) is 0.382. The standard InChI is InChI=1S/C17H21N5O2.C17H21NO2/c1-18-15-6-5-14(12-20-15)24-13-7-8-19-16(11-13)21-17(23)22-9-3-2-4-10-22;1-13(2)16(12-19)17(20)18(15-10-6-7-11-15)14-8-4-3-5-9-14/h5-8,11-12H,2-4,9-10H2,1H3,(H,18,20)(H,19,21,23);3-5,8-9,12,15H,6-7,10-11H2,1-2H3. The van der Waals surface area contributed by atoms with Crippen LogP contribution in [0.15, 0.2) is 78.1 Å². The van der Waals surface area contributed by atoms with Crippen molar-refractivity contribution in [1.29, 1.82) is 0 Å². The van der Waals surface area contributed by atoms with E-state index in [4.69, 9.17) is 4.74 Å². The monoisotopic (exact) mass is 598 g/mol. The number of allylic oxidation sites excluding steroid dienone is 1. The van der Waals surface area contributed by atoms with E-state index in [1.807, 2.05) is 59.3 Å². The summed E-state index contributed by atoms with van der Waals surface area (Å²) in [5.74, 6) is 2.29. The van der Waals surface area contributed by atoms with E-state index in [0.29, 0.717) is 23.6 Å². The van der Waals surface area contributed by atoms with E-state index in [1.165, 1.54) is 6.42 Å². The molecule has 0 radical (unpaired) electrons. The van der Waals surface area contributed by atoms with Crippen LogP contribution in [0.25, 0.3) is 0 Å². The van der Waals surface area contributed by atoms with E-state index in [2.05, 4.69) is 20.6 Å². The van der Waals surface area contributed by atoms with Crippen LogP contribution in [0.5, 0.6) is 11.5 Å². The van der Waals surface area contributed by atoms with Crippen molar-refractivity contribution in [3.05, 3.63) is 78.1 Å². The number of amides is 3. The lowest BCUT2D eigenvalue weighted by Gasteiger charge is -2.29. The lowest BCUT2D eigenvalue weighted by Crippen LogP contribution is -2.40. The van der Waals surface area contributed by atoms with Crippen LogP contribution in [-0.4, -0.2) is 59.3 Å². The summed E-state index contributed by atoms with van der Waals surface area (Å²) in [4.78, 5) is 48.2. The zero-order valence-corrected chi connectivity index (χ0v) is 25.8. The van der Waals surface area contributed by atoms with Gasteiger partial charge in [0.25, 0.3) is 5.91 Å². The van der Waals surface area contributed by atoms with E-state index in [-0.39, 0.29) is 23.6 Å². The molecule has 1 aromatic carbocycles. The van der Waals surface area contributed by atoms with Gasteiger partial charge in [0, 0.05) is 44.1 Å². The van der Waals surface area contributed by atoms with Crippen molar-refractivity contribution in [2.45, 2.75) is 64.8 Å². The number of carbonyl (C=O) groups is 3. The molecule has 1 saturated heterocycles. The number of likely N-dealkylation sites (tertiary alicyclic amines) is 1. The SMILES string of the molecule is CC(C)=C(C=O)C(=O)N(c1ccccc1)C1CCCC1.CNc1ccc(Oc2ccnc(NC(=O)N3CCCCC3)c2)cn1. The molecule has 1 saturated carbocycles. The van der Waals surface area contributed by atoms with Crippen molar-refractivity contribution >= 4 is 35.5 Å². The van der Waals surface area contributed by atoms with Crippen molar-refractivity contribution in [1.82, 2.24) is 14.9 Å². The minimum Gasteiger partial charge on any atom is -0.456 e. The van der Waals surface area contributed by atoms with Gasteiger partial charge in [0.2, 0.25) is 0 Å². The highest BCUT2D eigenvalue weighted by molar-refractivity contribution is 6.18. The van der Waals surface area contributed by atoms with Crippen molar-refractivity contribution in [2.24, 2.45) is 0 Å². The summed E-state index contributed by atoms with van der Waals surface area (Å²) in [6, 6.07) is 16.8. The molecular weight excluding hydrogens is 556 g/mol. The molecule has 1 aliphatic carbocycles. The summed E-state index contributed by atoms with van der Waals surface area (Å²) in [5, 5.41) is 5.78. The maximum absolute atomic E-state index is 12.7. The Morgan fingerprint density at radius 1 is 0.909 bits per heavy atom. The third kappa shape index (κ3) is 8.89. The second-order valence-corrected chi connectivity index (χ2v) is 11.1. The van der Waals surface area contributed by atoms with Gasteiger partial charge >= 0.3 is 6.03 Å². The molecule has 2 N–H and O–H groups in total. The Kier molecular flexibility index (Phi) is 11.9. The molecule has 232 valence electrons. The fourth-order valence-corrected chi connectivity index (χ4v) is 5.31. The number of para-hydroxylation sites is 1. The number of anilines is 3. The largest absolute Gasteiger partial charge is 0.456 e. The van der Waals surface area contributed by atoms with Gasteiger partial charge in [-0.1, -0.05) is 36.6 Å². The zero-order chi connectivity index (χ0) is 31.3. The molecule has 2 fully saturated rings. The number of benzene rings is 1.